The van der Waals surface area contributed by atoms with Gasteiger partial charge in [0.25, 0.3) is 0 Å². The molecule has 0 aromatic heterocycles. The Morgan fingerprint density at radius 3 is 2.17 bits per heavy atom. The minimum atomic E-state index is -0.656. The number of nitrogens with one attached hydrogen (secondary N) is 1. The first-order valence-electron chi connectivity index (χ1n) is 8.36. The first kappa shape index (κ1) is 20.2. The second kappa shape index (κ2) is 8.85. The van der Waals surface area contributed by atoms with E-state index in [1.54, 1.807) is 0 Å². The molecule has 1 saturated carbocycles. The van der Waals surface area contributed by atoms with Crippen molar-refractivity contribution in [2.75, 3.05) is 26.3 Å². The molecule has 1 heterocycles. The van der Waals surface area contributed by atoms with Crippen molar-refractivity contribution in [1.29, 1.82) is 0 Å². The number of hydrogen-bond donors (Lipinski definition) is 3. The van der Waals surface area contributed by atoms with Crippen molar-refractivity contribution in [2.24, 2.45) is 22.3 Å². The van der Waals surface area contributed by atoms with Crippen LogP contribution in [0.4, 0.5) is 0 Å². The third-order valence-electron chi connectivity index (χ3n) is 5.48. The van der Waals surface area contributed by atoms with E-state index in [2.05, 4.69) is 5.32 Å². The molecule has 0 radical (unpaired) electrons. The summed E-state index contributed by atoms with van der Waals surface area (Å²) < 4.78 is 5.30. The molecule has 2 fully saturated rings. The van der Waals surface area contributed by atoms with Crippen LogP contribution >= 0.6 is 12.4 Å². The number of carbonyl (C=O) groups excluding carboxylic acids is 2. The van der Waals surface area contributed by atoms with Gasteiger partial charge < -0.3 is 21.5 Å². The monoisotopic (exact) mass is 347 g/mol. The molecule has 134 valence electrons. The number of carbonyl (C=O) groups is 2. The Hall–Kier alpha value is -0.850. The highest BCUT2D eigenvalue weighted by Crippen LogP contribution is 2.38. The number of rotatable bonds is 6. The standard InChI is InChI=1S/C16H29N3O3.ClH/c17-11-15(4-2-1-3-5-15)10-13(20)19-12-16(14(18)21)6-8-22-9-7-16;/h1-12,17H2,(H2,18,21)(H,19,20);1H. The van der Waals surface area contributed by atoms with Gasteiger partial charge in [0, 0.05) is 26.2 Å². The predicted molar refractivity (Wildman–Crippen MR) is 91.1 cm³/mol. The Kier molecular flexibility index (Phi) is 7.77. The van der Waals surface area contributed by atoms with E-state index in [4.69, 9.17) is 16.2 Å². The van der Waals surface area contributed by atoms with Crippen molar-refractivity contribution < 1.29 is 14.3 Å². The number of ether oxygens (including phenoxy) is 1. The molecule has 2 amide bonds. The molecule has 0 atom stereocenters. The average molecular weight is 348 g/mol. The van der Waals surface area contributed by atoms with Gasteiger partial charge in [0.1, 0.15) is 0 Å². The van der Waals surface area contributed by atoms with Gasteiger partial charge in [-0.2, -0.15) is 0 Å². The first-order chi connectivity index (χ1) is 10.5. The normalized spacial score (nSPS) is 22.7. The van der Waals surface area contributed by atoms with Crippen LogP contribution in [0.2, 0.25) is 0 Å². The molecule has 2 rings (SSSR count). The Balaban J connectivity index is 0.00000264. The SMILES string of the molecule is Cl.NCC1(CC(=O)NCC2(C(N)=O)CCOCC2)CCCCC1. The van der Waals surface area contributed by atoms with E-state index in [0.29, 0.717) is 45.6 Å². The molecule has 1 aliphatic carbocycles. The van der Waals surface area contributed by atoms with Gasteiger partial charge in [-0.15, -0.1) is 12.4 Å². The lowest BCUT2D eigenvalue weighted by molar-refractivity contribution is -0.134. The third-order valence-corrected chi connectivity index (χ3v) is 5.48. The van der Waals surface area contributed by atoms with Gasteiger partial charge >= 0.3 is 0 Å². The summed E-state index contributed by atoms with van der Waals surface area (Å²) in [6, 6.07) is 0. The van der Waals surface area contributed by atoms with Gasteiger partial charge in [0.05, 0.1) is 5.41 Å². The zero-order valence-electron chi connectivity index (χ0n) is 13.8. The quantitative estimate of drug-likeness (QED) is 0.668. The maximum atomic E-state index is 12.3. The fraction of sp³-hybridized carbons (Fsp3) is 0.875. The molecule has 6 nitrogen and oxygen atoms in total. The van der Waals surface area contributed by atoms with Crippen LogP contribution in [0.25, 0.3) is 0 Å². The fourth-order valence-electron chi connectivity index (χ4n) is 3.70. The van der Waals surface area contributed by atoms with Crippen LogP contribution in [0.5, 0.6) is 0 Å². The highest BCUT2D eigenvalue weighted by Gasteiger charge is 2.39. The Labute approximate surface area is 144 Å². The molecule has 0 aromatic carbocycles. The minimum Gasteiger partial charge on any atom is -0.381 e. The number of amides is 2. The molecule has 7 heteroatoms. The molecule has 0 bridgehead atoms. The van der Waals surface area contributed by atoms with E-state index in [1.807, 2.05) is 0 Å². The number of hydrogen-bond acceptors (Lipinski definition) is 4. The van der Waals surface area contributed by atoms with Crippen molar-refractivity contribution >= 4 is 24.2 Å². The highest BCUT2D eigenvalue weighted by molar-refractivity contribution is 5.85. The maximum absolute atomic E-state index is 12.3. The number of nitrogens with two attached hydrogens (primary N) is 2. The minimum absolute atomic E-state index is 0. The molecule has 0 unspecified atom stereocenters. The van der Waals surface area contributed by atoms with Crippen LogP contribution < -0.4 is 16.8 Å². The van der Waals surface area contributed by atoms with Gasteiger partial charge in [-0.25, -0.2) is 0 Å². The van der Waals surface area contributed by atoms with Crippen molar-refractivity contribution in [3.05, 3.63) is 0 Å². The van der Waals surface area contributed by atoms with E-state index in [1.165, 1.54) is 6.42 Å². The summed E-state index contributed by atoms with van der Waals surface area (Å²) in [7, 11) is 0. The summed E-state index contributed by atoms with van der Waals surface area (Å²) in [6.45, 7) is 1.90. The average Bonchev–Trinajstić information content (AvgIpc) is 2.54. The van der Waals surface area contributed by atoms with Gasteiger partial charge in [-0.1, -0.05) is 19.3 Å². The van der Waals surface area contributed by atoms with Gasteiger partial charge in [-0.3, -0.25) is 9.59 Å². The smallest absolute Gasteiger partial charge is 0.225 e. The molecule has 2 aliphatic rings. The van der Waals surface area contributed by atoms with Gasteiger partial charge in [0.15, 0.2) is 0 Å². The molecule has 0 spiro atoms. The van der Waals surface area contributed by atoms with E-state index >= 15 is 0 Å². The maximum Gasteiger partial charge on any atom is 0.225 e. The fourth-order valence-corrected chi connectivity index (χ4v) is 3.70. The second-order valence-electron chi connectivity index (χ2n) is 6.98. The lowest BCUT2D eigenvalue weighted by Crippen LogP contribution is -2.50. The van der Waals surface area contributed by atoms with E-state index in [0.717, 1.165) is 25.7 Å². The van der Waals surface area contributed by atoms with Crippen molar-refractivity contribution in [3.63, 3.8) is 0 Å². The summed E-state index contributed by atoms with van der Waals surface area (Å²) >= 11 is 0. The molecule has 5 N–H and O–H groups in total. The van der Waals surface area contributed by atoms with Crippen LogP contribution in [0, 0.1) is 10.8 Å². The van der Waals surface area contributed by atoms with Crippen molar-refractivity contribution in [3.8, 4) is 0 Å². The zero-order valence-corrected chi connectivity index (χ0v) is 14.6. The zero-order chi connectivity index (χ0) is 16.1. The molecular formula is C16H30ClN3O3. The van der Waals surface area contributed by atoms with E-state index in [-0.39, 0.29) is 29.6 Å². The molecule has 1 aliphatic heterocycles. The van der Waals surface area contributed by atoms with E-state index in [9.17, 15) is 9.59 Å². The van der Waals surface area contributed by atoms with Crippen LogP contribution in [0.3, 0.4) is 0 Å². The highest BCUT2D eigenvalue weighted by atomic mass is 35.5. The Morgan fingerprint density at radius 1 is 1.04 bits per heavy atom. The van der Waals surface area contributed by atoms with Gasteiger partial charge in [0.2, 0.25) is 11.8 Å². The second-order valence-corrected chi connectivity index (χ2v) is 6.98. The topological polar surface area (TPSA) is 107 Å². The first-order valence-corrected chi connectivity index (χ1v) is 8.36. The number of halogens is 1. The summed E-state index contributed by atoms with van der Waals surface area (Å²) in [5, 5.41) is 2.93. The molecule has 0 aromatic rings. The van der Waals surface area contributed by atoms with Gasteiger partial charge in [-0.05, 0) is 37.6 Å². The van der Waals surface area contributed by atoms with Crippen molar-refractivity contribution in [1.82, 2.24) is 5.32 Å². The van der Waals surface area contributed by atoms with Crippen LogP contribution in [-0.4, -0.2) is 38.1 Å². The molecule has 23 heavy (non-hydrogen) atoms. The lowest BCUT2D eigenvalue weighted by Gasteiger charge is -2.37. The molecule has 1 saturated heterocycles. The van der Waals surface area contributed by atoms with Crippen LogP contribution in [-0.2, 0) is 14.3 Å². The van der Waals surface area contributed by atoms with Crippen LogP contribution in [0.15, 0.2) is 0 Å². The predicted octanol–water partition coefficient (Wildman–Crippen LogP) is 1.11. The number of primary amides is 1. The Morgan fingerprint density at radius 2 is 1.65 bits per heavy atom. The summed E-state index contributed by atoms with van der Waals surface area (Å²) in [5.41, 5.74) is 10.8. The van der Waals surface area contributed by atoms with E-state index < -0.39 is 5.41 Å². The summed E-state index contributed by atoms with van der Waals surface area (Å²) in [4.78, 5) is 24.1. The lowest BCUT2D eigenvalue weighted by atomic mass is 9.71. The Bertz CT molecular complexity index is 405. The van der Waals surface area contributed by atoms with Crippen LogP contribution in [0.1, 0.15) is 51.4 Å². The summed E-state index contributed by atoms with van der Waals surface area (Å²) in [5.74, 6) is -0.359. The molecular weight excluding hydrogens is 318 g/mol. The third kappa shape index (κ3) is 5.06. The summed E-state index contributed by atoms with van der Waals surface area (Å²) in [6.07, 6.45) is 7.16. The van der Waals surface area contributed by atoms with Crippen molar-refractivity contribution in [2.45, 2.75) is 51.4 Å². The largest absolute Gasteiger partial charge is 0.381 e.